The Kier molecular flexibility index (Phi) is 2.32. The number of carbonyl (C=O) groups excluding carboxylic acids is 1. The summed E-state index contributed by atoms with van der Waals surface area (Å²) in [6, 6.07) is 0. The molecule has 1 aromatic rings. The number of hydrogen-bond donors (Lipinski definition) is 3. The minimum Gasteiger partial charge on any atom is -0.507 e. The van der Waals surface area contributed by atoms with Crippen molar-refractivity contribution in [2.75, 3.05) is 0 Å². The first kappa shape index (κ1) is 11.7. The molecule has 5 nitrogen and oxygen atoms in total. The molecule has 0 bridgehead atoms. The molecule has 1 aliphatic heterocycles. The predicted octanol–water partition coefficient (Wildman–Crippen LogP) is 1.14. The molecule has 1 atom stereocenters. The molecular weight excluding hydrogens is 224 g/mol. The second kappa shape index (κ2) is 3.37. The van der Waals surface area contributed by atoms with Gasteiger partial charge in [0.2, 0.25) is 5.79 Å². The zero-order chi connectivity index (χ0) is 13.0. The van der Waals surface area contributed by atoms with Crippen molar-refractivity contribution in [1.82, 2.24) is 0 Å². The zero-order valence-corrected chi connectivity index (χ0v) is 9.87. The maximum atomic E-state index is 11.7. The number of benzene rings is 1. The van der Waals surface area contributed by atoms with Crippen LogP contribution in [0.15, 0.2) is 0 Å². The quantitative estimate of drug-likeness (QED) is 0.590. The lowest BCUT2D eigenvalue weighted by Gasteiger charge is -2.31. The Morgan fingerprint density at radius 1 is 1.18 bits per heavy atom. The Bertz CT molecular complexity index is 516. The van der Waals surface area contributed by atoms with E-state index in [1.54, 1.807) is 6.92 Å². The summed E-state index contributed by atoms with van der Waals surface area (Å²) in [5, 5.41) is 29.4. The van der Waals surface area contributed by atoms with E-state index in [0.29, 0.717) is 11.1 Å². The number of esters is 1. The number of hydrogen-bond acceptors (Lipinski definition) is 5. The highest BCUT2D eigenvalue weighted by Crippen LogP contribution is 2.41. The molecule has 3 N–H and O–H groups in total. The summed E-state index contributed by atoms with van der Waals surface area (Å²) in [4.78, 5) is 11.7. The number of cyclic esters (lactones) is 1. The van der Waals surface area contributed by atoms with Gasteiger partial charge in [0.1, 0.15) is 17.1 Å². The molecule has 0 amide bonds. The van der Waals surface area contributed by atoms with E-state index in [4.69, 9.17) is 4.74 Å². The van der Waals surface area contributed by atoms with Gasteiger partial charge in [-0.1, -0.05) is 0 Å². The van der Waals surface area contributed by atoms with Crippen LogP contribution in [0.3, 0.4) is 0 Å². The van der Waals surface area contributed by atoms with Gasteiger partial charge in [0, 0.05) is 18.9 Å². The van der Waals surface area contributed by atoms with Gasteiger partial charge < -0.3 is 20.1 Å². The minimum atomic E-state index is -1.61. The van der Waals surface area contributed by atoms with E-state index in [1.165, 1.54) is 13.8 Å². The van der Waals surface area contributed by atoms with E-state index in [2.05, 4.69) is 0 Å². The average molecular weight is 238 g/mol. The summed E-state index contributed by atoms with van der Waals surface area (Å²) in [5.41, 5.74) is 1.17. The Hall–Kier alpha value is -1.75. The molecule has 0 saturated heterocycles. The van der Waals surface area contributed by atoms with Crippen LogP contribution in [0, 0.1) is 13.8 Å². The number of phenolic OH excluding ortho intramolecular Hbond substituents is 2. The Morgan fingerprint density at radius 2 is 1.76 bits per heavy atom. The molecule has 1 unspecified atom stereocenters. The van der Waals surface area contributed by atoms with Gasteiger partial charge in [-0.25, -0.2) is 4.79 Å². The lowest BCUT2D eigenvalue weighted by atomic mass is 9.89. The third-order valence-electron chi connectivity index (χ3n) is 3.08. The first-order valence-corrected chi connectivity index (χ1v) is 5.24. The van der Waals surface area contributed by atoms with E-state index in [0.717, 1.165) is 0 Å². The minimum absolute atomic E-state index is 0.0318. The normalized spacial score (nSPS) is 23.2. The third kappa shape index (κ3) is 1.63. The summed E-state index contributed by atoms with van der Waals surface area (Å²) >= 11 is 0. The first-order valence-electron chi connectivity index (χ1n) is 5.24. The van der Waals surface area contributed by atoms with Crippen molar-refractivity contribution in [3.63, 3.8) is 0 Å². The summed E-state index contributed by atoms with van der Waals surface area (Å²) in [6.07, 6.45) is 0.0430. The van der Waals surface area contributed by atoms with Crippen molar-refractivity contribution < 1.29 is 24.9 Å². The molecule has 1 heterocycles. The summed E-state index contributed by atoms with van der Waals surface area (Å²) < 4.78 is 4.81. The second-order valence-electron chi connectivity index (χ2n) is 4.54. The lowest BCUT2D eigenvalue weighted by Crippen LogP contribution is -2.39. The molecule has 0 aliphatic carbocycles. The van der Waals surface area contributed by atoms with Crippen LogP contribution in [-0.2, 0) is 11.2 Å². The smallest absolute Gasteiger partial charge is 0.344 e. The number of fused-ring (bicyclic) bond motifs is 1. The van der Waals surface area contributed by atoms with Gasteiger partial charge in [-0.05, 0) is 25.0 Å². The standard InChI is InChI=1S/C12H14O5/c1-5-7-4-12(3,16)17-11(15)8(7)10(14)6(2)9(5)13/h13-14,16H,4H2,1-3H3. The highest BCUT2D eigenvalue weighted by atomic mass is 16.7. The predicted molar refractivity (Wildman–Crippen MR) is 59.0 cm³/mol. The van der Waals surface area contributed by atoms with E-state index >= 15 is 0 Å². The van der Waals surface area contributed by atoms with Gasteiger partial charge in [-0.15, -0.1) is 0 Å². The second-order valence-corrected chi connectivity index (χ2v) is 4.54. The Labute approximate surface area is 98.3 Å². The van der Waals surface area contributed by atoms with Crippen molar-refractivity contribution in [2.24, 2.45) is 0 Å². The van der Waals surface area contributed by atoms with E-state index in [9.17, 15) is 20.1 Å². The molecule has 0 radical (unpaired) electrons. The SMILES string of the molecule is Cc1c(O)c(C)c2c(c1O)C(=O)OC(C)(O)C2. The molecule has 17 heavy (non-hydrogen) atoms. The van der Waals surface area contributed by atoms with E-state index in [-0.39, 0.29) is 29.0 Å². The van der Waals surface area contributed by atoms with Gasteiger partial charge in [-0.3, -0.25) is 0 Å². The maximum absolute atomic E-state index is 11.7. The number of ether oxygens (including phenoxy) is 1. The van der Waals surface area contributed by atoms with Crippen molar-refractivity contribution in [2.45, 2.75) is 33.0 Å². The zero-order valence-electron chi connectivity index (χ0n) is 9.87. The van der Waals surface area contributed by atoms with Crippen LogP contribution in [0.25, 0.3) is 0 Å². The fourth-order valence-corrected chi connectivity index (χ4v) is 2.11. The summed E-state index contributed by atoms with van der Waals surface area (Å²) in [6.45, 7) is 4.51. The van der Waals surface area contributed by atoms with Gasteiger partial charge in [0.05, 0.1) is 0 Å². The largest absolute Gasteiger partial charge is 0.507 e. The lowest BCUT2D eigenvalue weighted by molar-refractivity contribution is -0.154. The van der Waals surface area contributed by atoms with Crippen LogP contribution in [-0.4, -0.2) is 27.1 Å². The van der Waals surface area contributed by atoms with Gasteiger partial charge in [0.25, 0.3) is 0 Å². The number of phenols is 2. The van der Waals surface area contributed by atoms with Crippen LogP contribution in [0.1, 0.15) is 34.0 Å². The topological polar surface area (TPSA) is 87.0 Å². The molecule has 0 saturated carbocycles. The summed E-state index contributed by atoms with van der Waals surface area (Å²) in [7, 11) is 0. The van der Waals surface area contributed by atoms with E-state index in [1.807, 2.05) is 0 Å². The molecule has 1 aromatic carbocycles. The highest BCUT2D eigenvalue weighted by molar-refractivity contribution is 5.97. The van der Waals surface area contributed by atoms with Crippen LogP contribution < -0.4 is 0 Å². The Morgan fingerprint density at radius 3 is 2.35 bits per heavy atom. The Balaban J connectivity index is 2.77. The van der Waals surface area contributed by atoms with Crippen LogP contribution in [0.5, 0.6) is 11.5 Å². The molecule has 1 aliphatic rings. The maximum Gasteiger partial charge on any atom is 0.344 e. The van der Waals surface area contributed by atoms with Crippen molar-refractivity contribution in [3.05, 3.63) is 22.3 Å². The van der Waals surface area contributed by atoms with Crippen LogP contribution >= 0.6 is 0 Å². The summed E-state index contributed by atoms with van der Waals surface area (Å²) in [5.74, 6) is -2.74. The highest BCUT2D eigenvalue weighted by Gasteiger charge is 2.38. The number of aromatic hydroxyl groups is 2. The molecule has 2 rings (SSSR count). The van der Waals surface area contributed by atoms with Gasteiger partial charge >= 0.3 is 5.97 Å². The first-order chi connectivity index (χ1) is 7.74. The number of rotatable bonds is 0. The molecule has 0 aromatic heterocycles. The van der Waals surface area contributed by atoms with Crippen molar-refractivity contribution in [1.29, 1.82) is 0 Å². The molecule has 92 valence electrons. The fraction of sp³-hybridized carbons (Fsp3) is 0.417. The van der Waals surface area contributed by atoms with Crippen molar-refractivity contribution >= 4 is 5.97 Å². The van der Waals surface area contributed by atoms with Crippen LogP contribution in [0.4, 0.5) is 0 Å². The third-order valence-corrected chi connectivity index (χ3v) is 3.08. The number of aliphatic hydroxyl groups is 1. The van der Waals surface area contributed by atoms with Gasteiger partial charge in [0.15, 0.2) is 0 Å². The average Bonchev–Trinajstić information content (AvgIpc) is 2.21. The molecule has 0 fully saturated rings. The molecule has 5 heteroatoms. The molecule has 0 spiro atoms. The number of carbonyl (C=O) groups is 1. The van der Waals surface area contributed by atoms with Gasteiger partial charge in [-0.2, -0.15) is 0 Å². The van der Waals surface area contributed by atoms with Crippen molar-refractivity contribution in [3.8, 4) is 11.5 Å². The van der Waals surface area contributed by atoms with E-state index < -0.39 is 11.8 Å². The monoisotopic (exact) mass is 238 g/mol. The van der Waals surface area contributed by atoms with Crippen LogP contribution in [0.2, 0.25) is 0 Å². The fourth-order valence-electron chi connectivity index (χ4n) is 2.11. The molecular formula is C12H14O5.